The highest BCUT2D eigenvalue weighted by atomic mass is 32.2. The van der Waals surface area contributed by atoms with E-state index in [1.165, 1.54) is 0 Å². The summed E-state index contributed by atoms with van der Waals surface area (Å²) >= 11 is 0. The van der Waals surface area contributed by atoms with Crippen LogP contribution in [0.15, 0.2) is 59.5 Å². The minimum absolute atomic E-state index is 0.103. The number of hydrogen-bond acceptors (Lipinski definition) is 6. The number of carbonyl (C=O) groups excluding carboxylic acids is 1. The number of unbranched alkanes of at least 4 members (excludes halogenated alkanes) is 3. The van der Waals surface area contributed by atoms with Crippen LogP contribution in [0.5, 0.6) is 0 Å². The average molecular weight is 476 g/mol. The van der Waals surface area contributed by atoms with Gasteiger partial charge in [0.25, 0.3) is 16.0 Å². The standard InChI is InChI=1S/C25H33NO6S/c1-21-11-13-23(14-12-21)33(29,30)32-18-8-3-2-7-15-25(28,22-9-5-4-6-10-22)24(27)26-16-19-31-20-17-26/h4-6,9-14,28H,2-3,7-8,15-20H2,1H3. The lowest BCUT2D eigenvalue weighted by molar-refractivity contribution is -0.157. The van der Waals surface area contributed by atoms with Gasteiger partial charge in [-0.3, -0.25) is 8.98 Å². The molecule has 180 valence electrons. The first-order valence-electron chi connectivity index (χ1n) is 11.4. The highest BCUT2D eigenvalue weighted by molar-refractivity contribution is 7.86. The molecule has 2 aromatic rings. The molecule has 1 N–H and O–H groups in total. The van der Waals surface area contributed by atoms with Gasteiger partial charge < -0.3 is 14.7 Å². The molecule has 0 saturated carbocycles. The molecule has 0 aliphatic carbocycles. The summed E-state index contributed by atoms with van der Waals surface area (Å²) in [6.45, 7) is 3.89. The van der Waals surface area contributed by atoms with Crippen LogP contribution in [0.1, 0.15) is 43.2 Å². The second kappa shape index (κ2) is 11.7. The van der Waals surface area contributed by atoms with Gasteiger partial charge in [0.05, 0.1) is 24.7 Å². The number of hydrogen-bond donors (Lipinski definition) is 1. The van der Waals surface area contributed by atoms with Crippen LogP contribution in [0.25, 0.3) is 0 Å². The van der Waals surface area contributed by atoms with Gasteiger partial charge in [0.15, 0.2) is 5.60 Å². The minimum atomic E-state index is -3.75. The number of amides is 1. The van der Waals surface area contributed by atoms with Crippen LogP contribution < -0.4 is 0 Å². The Balaban J connectivity index is 1.48. The molecule has 7 nitrogen and oxygen atoms in total. The van der Waals surface area contributed by atoms with E-state index in [2.05, 4.69) is 0 Å². The van der Waals surface area contributed by atoms with Crippen molar-refractivity contribution in [2.24, 2.45) is 0 Å². The Morgan fingerprint density at radius 1 is 1.00 bits per heavy atom. The quantitative estimate of drug-likeness (QED) is 0.396. The Hall–Kier alpha value is -2.26. The summed E-state index contributed by atoms with van der Waals surface area (Å²) in [5.74, 6) is -0.287. The van der Waals surface area contributed by atoms with E-state index in [1.807, 2.05) is 25.1 Å². The molecule has 0 aromatic heterocycles. The summed E-state index contributed by atoms with van der Waals surface area (Å²) in [6, 6.07) is 15.6. The van der Waals surface area contributed by atoms with Gasteiger partial charge in [0, 0.05) is 13.1 Å². The second-order valence-corrected chi connectivity index (χ2v) is 10.00. The molecule has 33 heavy (non-hydrogen) atoms. The number of aryl methyl sites for hydroxylation is 1. The number of morpholine rings is 1. The second-order valence-electron chi connectivity index (χ2n) is 8.38. The van der Waals surface area contributed by atoms with Gasteiger partial charge in [0.1, 0.15) is 0 Å². The summed E-state index contributed by atoms with van der Waals surface area (Å²) in [5, 5.41) is 11.4. The van der Waals surface area contributed by atoms with Gasteiger partial charge in [0.2, 0.25) is 0 Å². The molecule has 0 spiro atoms. The molecule has 0 radical (unpaired) electrons. The van der Waals surface area contributed by atoms with Crippen LogP contribution in [0.4, 0.5) is 0 Å². The third-order valence-corrected chi connectivity index (χ3v) is 7.21. The van der Waals surface area contributed by atoms with Crippen molar-refractivity contribution in [3.63, 3.8) is 0 Å². The van der Waals surface area contributed by atoms with Gasteiger partial charge in [-0.05, 0) is 43.9 Å². The molecule has 3 rings (SSSR count). The molecule has 1 unspecified atom stereocenters. The monoisotopic (exact) mass is 475 g/mol. The van der Waals surface area contributed by atoms with Crippen molar-refractivity contribution in [2.45, 2.75) is 49.5 Å². The molecule has 1 fully saturated rings. The van der Waals surface area contributed by atoms with E-state index in [0.29, 0.717) is 51.1 Å². The summed E-state index contributed by atoms with van der Waals surface area (Å²) in [4.78, 5) is 15.0. The average Bonchev–Trinajstić information content (AvgIpc) is 2.84. The van der Waals surface area contributed by atoms with Crippen molar-refractivity contribution < 1.29 is 27.2 Å². The van der Waals surface area contributed by atoms with Gasteiger partial charge in [-0.2, -0.15) is 8.42 Å². The Morgan fingerprint density at radius 3 is 2.30 bits per heavy atom. The molecule has 0 bridgehead atoms. The van der Waals surface area contributed by atoms with Crippen LogP contribution in [0.2, 0.25) is 0 Å². The predicted molar refractivity (Wildman–Crippen MR) is 125 cm³/mol. The lowest BCUT2D eigenvalue weighted by atomic mass is 9.86. The van der Waals surface area contributed by atoms with Crippen LogP contribution in [0, 0.1) is 6.92 Å². The van der Waals surface area contributed by atoms with Gasteiger partial charge in [-0.25, -0.2) is 0 Å². The number of ether oxygens (including phenoxy) is 1. The van der Waals surface area contributed by atoms with Crippen molar-refractivity contribution in [1.29, 1.82) is 0 Å². The normalized spacial score (nSPS) is 16.4. The number of aliphatic hydroxyl groups is 1. The smallest absolute Gasteiger partial charge is 0.296 e. The summed E-state index contributed by atoms with van der Waals surface area (Å²) in [6.07, 6.45) is 2.99. The van der Waals surface area contributed by atoms with Crippen molar-refractivity contribution in [3.05, 3.63) is 65.7 Å². The lowest BCUT2D eigenvalue weighted by Crippen LogP contribution is -2.51. The SMILES string of the molecule is Cc1ccc(S(=O)(=O)OCCCCCCC(O)(C(=O)N2CCOCC2)c2ccccc2)cc1. The molecule has 1 aliphatic rings. The molecule has 2 aromatic carbocycles. The Morgan fingerprint density at radius 2 is 1.64 bits per heavy atom. The van der Waals surface area contributed by atoms with Crippen molar-refractivity contribution in [3.8, 4) is 0 Å². The van der Waals surface area contributed by atoms with Gasteiger partial charge in [-0.1, -0.05) is 60.9 Å². The first-order chi connectivity index (χ1) is 15.8. The van der Waals surface area contributed by atoms with E-state index in [4.69, 9.17) is 8.92 Å². The van der Waals surface area contributed by atoms with Crippen molar-refractivity contribution in [1.82, 2.24) is 4.90 Å². The third kappa shape index (κ3) is 6.86. The molecule has 1 aliphatic heterocycles. The fraction of sp³-hybridized carbons (Fsp3) is 0.480. The van der Waals surface area contributed by atoms with E-state index in [9.17, 15) is 18.3 Å². The van der Waals surface area contributed by atoms with E-state index in [1.54, 1.807) is 41.3 Å². The largest absolute Gasteiger partial charge is 0.378 e. The number of carbonyl (C=O) groups is 1. The molecule has 1 atom stereocenters. The summed E-state index contributed by atoms with van der Waals surface area (Å²) < 4.78 is 35.0. The molecular formula is C25H33NO6S. The highest BCUT2D eigenvalue weighted by Gasteiger charge is 2.40. The topological polar surface area (TPSA) is 93.1 Å². The maximum atomic E-state index is 13.2. The number of rotatable bonds is 11. The van der Waals surface area contributed by atoms with Crippen molar-refractivity contribution >= 4 is 16.0 Å². The number of benzene rings is 2. The van der Waals surface area contributed by atoms with Gasteiger partial charge in [-0.15, -0.1) is 0 Å². The zero-order valence-electron chi connectivity index (χ0n) is 19.1. The van der Waals surface area contributed by atoms with E-state index in [0.717, 1.165) is 18.4 Å². The van der Waals surface area contributed by atoms with Crippen LogP contribution in [0.3, 0.4) is 0 Å². The van der Waals surface area contributed by atoms with E-state index in [-0.39, 0.29) is 17.4 Å². The third-order valence-electron chi connectivity index (χ3n) is 5.88. The fourth-order valence-electron chi connectivity index (χ4n) is 3.89. The Kier molecular flexibility index (Phi) is 9.02. The zero-order valence-corrected chi connectivity index (χ0v) is 19.9. The summed E-state index contributed by atoms with van der Waals surface area (Å²) in [7, 11) is -3.75. The molecule has 1 saturated heterocycles. The Labute approximate surface area is 196 Å². The van der Waals surface area contributed by atoms with Crippen LogP contribution in [-0.2, 0) is 29.4 Å². The molecular weight excluding hydrogens is 442 g/mol. The first-order valence-corrected chi connectivity index (χ1v) is 12.8. The molecule has 1 heterocycles. The minimum Gasteiger partial charge on any atom is -0.378 e. The Bertz CT molecular complexity index is 987. The van der Waals surface area contributed by atoms with E-state index >= 15 is 0 Å². The fourth-order valence-corrected chi connectivity index (χ4v) is 4.84. The first kappa shape index (κ1) is 25.4. The van der Waals surface area contributed by atoms with Gasteiger partial charge >= 0.3 is 0 Å². The maximum absolute atomic E-state index is 13.2. The highest BCUT2D eigenvalue weighted by Crippen LogP contribution is 2.30. The lowest BCUT2D eigenvalue weighted by Gasteiger charge is -2.35. The zero-order chi connectivity index (χ0) is 23.7. The number of nitrogens with zero attached hydrogens (tertiary/aromatic N) is 1. The van der Waals surface area contributed by atoms with E-state index < -0.39 is 15.7 Å². The maximum Gasteiger partial charge on any atom is 0.296 e. The molecule has 8 heteroatoms. The van der Waals surface area contributed by atoms with Crippen molar-refractivity contribution in [2.75, 3.05) is 32.9 Å². The predicted octanol–water partition coefficient (Wildman–Crippen LogP) is 3.40. The molecule has 1 amide bonds. The van der Waals surface area contributed by atoms with Crippen LogP contribution in [-0.4, -0.2) is 57.2 Å². The summed E-state index contributed by atoms with van der Waals surface area (Å²) in [5.41, 5.74) is -0.00492. The van der Waals surface area contributed by atoms with Crippen LogP contribution >= 0.6 is 0 Å².